The van der Waals surface area contributed by atoms with Gasteiger partial charge in [-0.1, -0.05) is 31.2 Å². The zero-order valence-electron chi connectivity index (χ0n) is 14.7. The van der Waals surface area contributed by atoms with E-state index in [2.05, 4.69) is 43.9 Å². The third-order valence-corrected chi connectivity index (χ3v) is 5.03. The molecule has 2 aromatic rings. The van der Waals surface area contributed by atoms with Crippen molar-refractivity contribution >= 4 is 5.69 Å². The van der Waals surface area contributed by atoms with Gasteiger partial charge >= 0.3 is 0 Å². The second-order valence-corrected chi connectivity index (χ2v) is 7.29. The lowest BCUT2D eigenvalue weighted by Gasteiger charge is -2.39. The van der Waals surface area contributed by atoms with Crippen LogP contribution in [0, 0.1) is 37.3 Å². The van der Waals surface area contributed by atoms with E-state index in [1.165, 1.54) is 22.9 Å². The Labute approximate surface area is 143 Å². The van der Waals surface area contributed by atoms with Crippen molar-refractivity contribution in [2.75, 3.05) is 18.0 Å². The Balaban J connectivity index is 1.81. The van der Waals surface area contributed by atoms with Crippen LogP contribution in [0.15, 0.2) is 36.4 Å². The van der Waals surface area contributed by atoms with E-state index < -0.39 is 11.6 Å². The SMILES string of the molecule is Cc1cccc(C)c1N1CC(C)CC(Cc2ccc(F)cc2F)C1. The topological polar surface area (TPSA) is 3.24 Å². The largest absolute Gasteiger partial charge is 0.371 e. The predicted octanol–water partition coefficient (Wildman–Crippen LogP) is 5.29. The van der Waals surface area contributed by atoms with Crippen molar-refractivity contribution < 1.29 is 8.78 Å². The third kappa shape index (κ3) is 3.61. The summed E-state index contributed by atoms with van der Waals surface area (Å²) in [6, 6.07) is 10.3. The van der Waals surface area contributed by atoms with Crippen LogP contribution in [0.3, 0.4) is 0 Å². The van der Waals surface area contributed by atoms with Crippen LogP contribution >= 0.6 is 0 Å². The lowest BCUT2D eigenvalue weighted by molar-refractivity contribution is 0.331. The molecule has 0 bridgehead atoms. The van der Waals surface area contributed by atoms with Gasteiger partial charge in [0.2, 0.25) is 0 Å². The van der Waals surface area contributed by atoms with Crippen molar-refractivity contribution in [1.82, 2.24) is 0 Å². The summed E-state index contributed by atoms with van der Waals surface area (Å²) in [7, 11) is 0. The number of para-hydroxylation sites is 1. The summed E-state index contributed by atoms with van der Waals surface area (Å²) in [4.78, 5) is 2.45. The number of piperidine rings is 1. The molecule has 0 amide bonds. The highest BCUT2D eigenvalue weighted by Gasteiger charge is 2.27. The monoisotopic (exact) mass is 329 g/mol. The van der Waals surface area contributed by atoms with Crippen LogP contribution in [0.1, 0.15) is 30.0 Å². The molecule has 1 saturated heterocycles. The minimum absolute atomic E-state index is 0.382. The number of anilines is 1. The molecule has 0 spiro atoms. The van der Waals surface area contributed by atoms with Crippen LogP contribution in [0.25, 0.3) is 0 Å². The van der Waals surface area contributed by atoms with Crippen LogP contribution in [-0.2, 0) is 6.42 Å². The summed E-state index contributed by atoms with van der Waals surface area (Å²) < 4.78 is 27.1. The van der Waals surface area contributed by atoms with E-state index in [4.69, 9.17) is 0 Å². The van der Waals surface area contributed by atoms with Crippen molar-refractivity contribution in [3.05, 3.63) is 64.7 Å². The van der Waals surface area contributed by atoms with Crippen molar-refractivity contribution in [2.45, 2.75) is 33.6 Å². The number of rotatable bonds is 3. The fourth-order valence-corrected chi connectivity index (χ4v) is 4.11. The van der Waals surface area contributed by atoms with Crippen molar-refractivity contribution in [3.8, 4) is 0 Å². The summed E-state index contributed by atoms with van der Waals surface area (Å²) >= 11 is 0. The molecule has 24 heavy (non-hydrogen) atoms. The normalized spacial score (nSPS) is 21.1. The first-order valence-electron chi connectivity index (χ1n) is 8.69. The minimum atomic E-state index is -0.509. The fourth-order valence-electron chi connectivity index (χ4n) is 4.11. The van der Waals surface area contributed by atoms with E-state index in [0.29, 0.717) is 23.8 Å². The second-order valence-electron chi connectivity index (χ2n) is 7.29. The molecule has 0 aliphatic carbocycles. The van der Waals surface area contributed by atoms with E-state index in [1.54, 1.807) is 6.07 Å². The molecule has 1 fully saturated rings. The van der Waals surface area contributed by atoms with Crippen molar-refractivity contribution in [1.29, 1.82) is 0 Å². The number of nitrogens with zero attached hydrogens (tertiary/aromatic N) is 1. The van der Waals surface area contributed by atoms with E-state index in [-0.39, 0.29) is 0 Å². The van der Waals surface area contributed by atoms with Crippen LogP contribution < -0.4 is 4.90 Å². The molecule has 2 aromatic carbocycles. The number of hydrogen-bond acceptors (Lipinski definition) is 1. The van der Waals surface area contributed by atoms with Gasteiger partial charge in [-0.25, -0.2) is 8.78 Å². The Hall–Kier alpha value is -1.90. The Morgan fingerprint density at radius 1 is 1.04 bits per heavy atom. The lowest BCUT2D eigenvalue weighted by Crippen LogP contribution is -2.41. The van der Waals surface area contributed by atoms with Gasteiger partial charge in [0.25, 0.3) is 0 Å². The van der Waals surface area contributed by atoms with Gasteiger partial charge in [-0.05, 0) is 61.3 Å². The van der Waals surface area contributed by atoms with Crippen LogP contribution in [-0.4, -0.2) is 13.1 Å². The average molecular weight is 329 g/mol. The molecule has 3 heteroatoms. The maximum absolute atomic E-state index is 14.0. The van der Waals surface area contributed by atoms with Crippen molar-refractivity contribution in [3.63, 3.8) is 0 Å². The average Bonchev–Trinajstić information content (AvgIpc) is 2.49. The molecule has 3 rings (SSSR count). The van der Waals surface area contributed by atoms with Crippen molar-refractivity contribution in [2.24, 2.45) is 11.8 Å². The summed E-state index contributed by atoms with van der Waals surface area (Å²) in [5.41, 5.74) is 4.51. The molecule has 0 saturated carbocycles. The van der Waals surface area contributed by atoms with E-state index in [9.17, 15) is 8.78 Å². The van der Waals surface area contributed by atoms with Crippen LogP contribution in [0.5, 0.6) is 0 Å². The maximum atomic E-state index is 14.0. The molecule has 1 heterocycles. The molecule has 0 aromatic heterocycles. The molecule has 0 N–H and O–H groups in total. The molecular formula is C21H25F2N. The molecular weight excluding hydrogens is 304 g/mol. The zero-order valence-corrected chi connectivity index (χ0v) is 14.7. The zero-order chi connectivity index (χ0) is 17.3. The molecule has 2 unspecified atom stereocenters. The molecule has 2 atom stereocenters. The Morgan fingerprint density at radius 3 is 2.42 bits per heavy atom. The fraction of sp³-hybridized carbons (Fsp3) is 0.429. The summed E-state index contributed by atoms with van der Waals surface area (Å²) in [5.74, 6) is 0.0104. The lowest BCUT2D eigenvalue weighted by atomic mass is 9.85. The third-order valence-electron chi connectivity index (χ3n) is 5.03. The summed E-state index contributed by atoms with van der Waals surface area (Å²) in [5, 5.41) is 0. The molecule has 0 radical (unpaired) electrons. The van der Waals surface area contributed by atoms with E-state index in [1.807, 2.05) is 0 Å². The van der Waals surface area contributed by atoms with Gasteiger partial charge in [-0.15, -0.1) is 0 Å². The standard InChI is InChI=1S/C21H25F2N/c1-14-9-17(10-18-7-8-19(22)11-20(18)23)13-24(12-14)21-15(2)5-4-6-16(21)3/h4-8,11,14,17H,9-10,12-13H2,1-3H3. The quantitative estimate of drug-likeness (QED) is 0.740. The summed E-state index contributed by atoms with van der Waals surface area (Å²) in [6.07, 6.45) is 1.75. The highest BCUT2D eigenvalue weighted by atomic mass is 19.1. The number of aryl methyl sites for hydroxylation is 2. The van der Waals surface area contributed by atoms with Gasteiger partial charge < -0.3 is 4.90 Å². The predicted molar refractivity (Wildman–Crippen MR) is 95.5 cm³/mol. The first kappa shape index (κ1) is 16.9. The van der Waals surface area contributed by atoms with Gasteiger partial charge in [-0.2, -0.15) is 0 Å². The second kappa shape index (κ2) is 6.92. The Bertz CT molecular complexity index is 706. The maximum Gasteiger partial charge on any atom is 0.129 e. The number of hydrogen-bond donors (Lipinski definition) is 0. The van der Waals surface area contributed by atoms with E-state index in [0.717, 1.165) is 25.6 Å². The minimum Gasteiger partial charge on any atom is -0.371 e. The number of halogens is 2. The van der Waals surface area contributed by atoms with Gasteiger partial charge in [0, 0.05) is 24.8 Å². The highest BCUT2D eigenvalue weighted by Crippen LogP contribution is 2.32. The molecule has 128 valence electrons. The van der Waals surface area contributed by atoms with Gasteiger partial charge in [0.05, 0.1) is 0 Å². The first-order chi connectivity index (χ1) is 11.4. The van der Waals surface area contributed by atoms with Crippen LogP contribution in [0.4, 0.5) is 14.5 Å². The molecule has 1 nitrogen and oxygen atoms in total. The highest BCUT2D eigenvalue weighted by molar-refractivity contribution is 5.59. The Morgan fingerprint density at radius 2 is 1.75 bits per heavy atom. The first-order valence-corrected chi connectivity index (χ1v) is 8.69. The Kier molecular flexibility index (Phi) is 4.88. The van der Waals surface area contributed by atoms with Gasteiger partial charge in [0.15, 0.2) is 0 Å². The van der Waals surface area contributed by atoms with Crippen LogP contribution in [0.2, 0.25) is 0 Å². The smallest absolute Gasteiger partial charge is 0.129 e. The number of benzene rings is 2. The van der Waals surface area contributed by atoms with Gasteiger partial charge in [0.1, 0.15) is 11.6 Å². The van der Waals surface area contributed by atoms with E-state index >= 15 is 0 Å². The molecule has 1 aliphatic heterocycles. The van der Waals surface area contributed by atoms with Gasteiger partial charge in [-0.3, -0.25) is 0 Å². The summed E-state index contributed by atoms with van der Waals surface area (Å²) in [6.45, 7) is 8.52. The molecule has 1 aliphatic rings.